The van der Waals surface area contributed by atoms with E-state index in [-0.39, 0.29) is 24.7 Å². The number of nitrogens with one attached hydrogen (secondary N) is 1. The van der Waals surface area contributed by atoms with Gasteiger partial charge in [-0.1, -0.05) is 12.1 Å². The molecule has 3 aromatic rings. The smallest absolute Gasteiger partial charge is 0.345 e. The molecule has 1 N–H and O–H groups in total. The molecule has 0 atom stereocenters. The van der Waals surface area contributed by atoms with Crippen LogP contribution in [0.5, 0.6) is 5.75 Å². The molecule has 0 unspecified atom stereocenters. The van der Waals surface area contributed by atoms with Gasteiger partial charge in [-0.3, -0.25) is 9.59 Å². The number of fused-ring (bicyclic) bond motifs is 1. The first kappa shape index (κ1) is 22.0. The fourth-order valence-electron chi connectivity index (χ4n) is 3.39. The molecule has 9 nitrogen and oxygen atoms in total. The molecule has 168 valence electrons. The number of hydrogen-bond donors (Lipinski definition) is 1. The molecule has 1 aliphatic heterocycles. The van der Waals surface area contributed by atoms with E-state index in [0.29, 0.717) is 66.0 Å². The van der Waals surface area contributed by atoms with Crippen LogP contribution in [0.15, 0.2) is 38.9 Å². The van der Waals surface area contributed by atoms with Crippen molar-refractivity contribution in [3.8, 4) is 17.0 Å². The number of aromatic nitrogens is 1. The van der Waals surface area contributed by atoms with E-state index in [1.165, 1.54) is 11.3 Å². The number of para-hydroxylation sites is 1. The molecular weight excluding hydrogens is 434 g/mol. The first-order chi connectivity index (χ1) is 15.5. The Balaban J connectivity index is 1.42. The summed E-state index contributed by atoms with van der Waals surface area (Å²) >= 11 is 1.20. The highest BCUT2D eigenvalue weighted by molar-refractivity contribution is 7.14. The van der Waals surface area contributed by atoms with E-state index in [4.69, 9.17) is 13.9 Å². The Morgan fingerprint density at radius 3 is 2.84 bits per heavy atom. The van der Waals surface area contributed by atoms with E-state index < -0.39 is 5.63 Å². The zero-order chi connectivity index (χ0) is 22.5. The van der Waals surface area contributed by atoms with Crippen LogP contribution < -0.4 is 15.7 Å². The number of benzene rings is 1. The SMILES string of the molecule is CCOc1cccc2cc(-c3csc(NC(=O)CCC(=O)N4CCOCC4)n3)c(=O)oc12. The molecule has 1 aromatic carbocycles. The van der Waals surface area contributed by atoms with Crippen LogP contribution in [0.2, 0.25) is 0 Å². The lowest BCUT2D eigenvalue weighted by atomic mass is 10.1. The lowest BCUT2D eigenvalue weighted by Gasteiger charge is -2.26. The standard InChI is InChI=1S/C22H23N3O6S/c1-2-30-17-5-3-4-14-12-15(21(28)31-20(14)17)16-13-32-22(23-16)24-18(26)6-7-19(27)25-8-10-29-11-9-25/h3-5,12-13H,2,6-11H2,1H3,(H,23,24,26). The van der Waals surface area contributed by atoms with Gasteiger partial charge >= 0.3 is 5.63 Å². The maximum atomic E-state index is 12.6. The monoisotopic (exact) mass is 457 g/mol. The molecule has 0 saturated carbocycles. The van der Waals surface area contributed by atoms with Gasteiger partial charge in [0.15, 0.2) is 16.5 Å². The Kier molecular flexibility index (Phi) is 6.81. The van der Waals surface area contributed by atoms with E-state index >= 15 is 0 Å². The van der Waals surface area contributed by atoms with Crippen LogP contribution in [0.1, 0.15) is 19.8 Å². The van der Waals surface area contributed by atoms with Crippen LogP contribution in [0, 0.1) is 0 Å². The van der Waals surface area contributed by atoms with Crippen LogP contribution >= 0.6 is 11.3 Å². The van der Waals surface area contributed by atoms with Crippen molar-refractivity contribution in [2.75, 3.05) is 38.2 Å². The Morgan fingerprint density at radius 1 is 1.25 bits per heavy atom. The Hall–Kier alpha value is -3.24. The molecule has 0 radical (unpaired) electrons. The first-order valence-corrected chi connectivity index (χ1v) is 11.2. The zero-order valence-electron chi connectivity index (χ0n) is 17.6. The number of thiazole rings is 1. The number of hydrogen-bond acceptors (Lipinski definition) is 8. The van der Waals surface area contributed by atoms with E-state index in [9.17, 15) is 14.4 Å². The fraction of sp³-hybridized carbons (Fsp3) is 0.364. The van der Waals surface area contributed by atoms with Crippen molar-refractivity contribution in [3.05, 3.63) is 40.1 Å². The summed E-state index contributed by atoms with van der Waals surface area (Å²) in [6.07, 6.45) is 0.184. The van der Waals surface area contributed by atoms with Gasteiger partial charge in [0.1, 0.15) is 0 Å². The van der Waals surface area contributed by atoms with Crippen LogP contribution in [-0.2, 0) is 14.3 Å². The third-order valence-corrected chi connectivity index (χ3v) is 5.74. The van der Waals surface area contributed by atoms with Gasteiger partial charge in [-0.25, -0.2) is 9.78 Å². The molecule has 0 spiro atoms. The predicted octanol–water partition coefficient (Wildman–Crippen LogP) is 2.89. The van der Waals surface area contributed by atoms with Crippen molar-refractivity contribution < 1.29 is 23.5 Å². The van der Waals surface area contributed by atoms with Gasteiger partial charge in [-0.15, -0.1) is 11.3 Å². The maximum absolute atomic E-state index is 12.6. The van der Waals surface area contributed by atoms with Crippen molar-refractivity contribution in [1.82, 2.24) is 9.88 Å². The fourth-order valence-corrected chi connectivity index (χ4v) is 4.12. The number of ether oxygens (including phenoxy) is 2. The minimum absolute atomic E-state index is 0.0590. The van der Waals surface area contributed by atoms with Crippen LogP contribution in [0.4, 0.5) is 5.13 Å². The number of anilines is 1. The van der Waals surface area contributed by atoms with Gasteiger partial charge in [-0.2, -0.15) is 0 Å². The number of carbonyl (C=O) groups excluding carboxylic acids is 2. The molecule has 1 aliphatic rings. The minimum atomic E-state index is -0.538. The molecule has 0 aliphatic carbocycles. The molecule has 32 heavy (non-hydrogen) atoms. The van der Waals surface area contributed by atoms with Gasteiger partial charge < -0.3 is 24.1 Å². The number of morpholine rings is 1. The number of nitrogens with zero attached hydrogens (tertiary/aromatic N) is 2. The third-order valence-electron chi connectivity index (χ3n) is 4.98. The molecule has 3 heterocycles. The second kappa shape index (κ2) is 9.92. The van der Waals surface area contributed by atoms with Gasteiger partial charge in [0.25, 0.3) is 0 Å². The van der Waals surface area contributed by atoms with E-state index in [2.05, 4.69) is 10.3 Å². The van der Waals surface area contributed by atoms with Gasteiger partial charge in [0.05, 0.1) is 31.1 Å². The highest BCUT2D eigenvalue weighted by Crippen LogP contribution is 2.29. The molecule has 1 saturated heterocycles. The Bertz CT molecular complexity index is 1180. The maximum Gasteiger partial charge on any atom is 0.345 e. The van der Waals surface area contributed by atoms with Crippen LogP contribution in [0.25, 0.3) is 22.2 Å². The van der Waals surface area contributed by atoms with Crippen molar-refractivity contribution in [2.45, 2.75) is 19.8 Å². The lowest BCUT2D eigenvalue weighted by Crippen LogP contribution is -2.40. The lowest BCUT2D eigenvalue weighted by molar-refractivity contribution is -0.136. The van der Waals surface area contributed by atoms with Crippen LogP contribution in [0.3, 0.4) is 0 Å². The Morgan fingerprint density at radius 2 is 2.06 bits per heavy atom. The van der Waals surface area contributed by atoms with E-state index in [0.717, 1.165) is 0 Å². The third kappa shape index (κ3) is 4.97. The largest absolute Gasteiger partial charge is 0.490 e. The first-order valence-electron chi connectivity index (χ1n) is 10.4. The summed E-state index contributed by atoms with van der Waals surface area (Å²) in [5.74, 6) is 0.134. The number of amides is 2. The van der Waals surface area contributed by atoms with Crippen molar-refractivity contribution in [1.29, 1.82) is 0 Å². The highest BCUT2D eigenvalue weighted by atomic mass is 32.1. The van der Waals surface area contributed by atoms with E-state index in [1.807, 2.05) is 19.1 Å². The second-order valence-electron chi connectivity index (χ2n) is 7.13. The minimum Gasteiger partial charge on any atom is -0.490 e. The van der Waals surface area contributed by atoms with Crippen molar-refractivity contribution >= 4 is 39.3 Å². The average Bonchev–Trinajstić information content (AvgIpc) is 3.26. The summed E-state index contributed by atoms with van der Waals surface area (Å²) in [5.41, 5.74) is 0.554. The van der Waals surface area contributed by atoms with Crippen molar-refractivity contribution in [2.24, 2.45) is 0 Å². The molecule has 0 bridgehead atoms. The number of rotatable bonds is 7. The molecule has 4 rings (SSSR count). The number of carbonyl (C=O) groups is 2. The molecular formula is C22H23N3O6S. The van der Waals surface area contributed by atoms with Gasteiger partial charge in [-0.05, 0) is 19.1 Å². The molecule has 10 heteroatoms. The highest BCUT2D eigenvalue weighted by Gasteiger charge is 2.19. The normalized spacial score (nSPS) is 13.8. The average molecular weight is 458 g/mol. The van der Waals surface area contributed by atoms with Crippen LogP contribution in [-0.4, -0.2) is 54.6 Å². The van der Waals surface area contributed by atoms with E-state index in [1.54, 1.807) is 22.4 Å². The summed E-state index contributed by atoms with van der Waals surface area (Å²) in [6, 6.07) is 7.09. The summed E-state index contributed by atoms with van der Waals surface area (Å²) < 4.78 is 16.2. The Labute approximate surface area is 187 Å². The van der Waals surface area contributed by atoms with Crippen molar-refractivity contribution in [3.63, 3.8) is 0 Å². The summed E-state index contributed by atoms with van der Waals surface area (Å²) in [7, 11) is 0. The molecule has 1 fully saturated rings. The molecule has 2 amide bonds. The summed E-state index contributed by atoms with van der Waals surface area (Å²) in [6.45, 7) is 4.46. The second-order valence-corrected chi connectivity index (χ2v) is 7.99. The summed E-state index contributed by atoms with van der Waals surface area (Å²) in [4.78, 5) is 43.0. The van der Waals surface area contributed by atoms with Gasteiger partial charge in [0, 0.05) is 36.7 Å². The zero-order valence-corrected chi connectivity index (χ0v) is 18.4. The summed E-state index contributed by atoms with van der Waals surface area (Å²) in [5, 5.41) is 5.44. The van der Waals surface area contributed by atoms with Gasteiger partial charge in [0.2, 0.25) is 11.8 Å². The predicted molar refractivity (Wildman–Crippen MR) is 120 cm³/mol. The topological polar surface area (TPSA) is 111 Å². The molecule has 2 aromatic heterocycles. The quantitative estimate of drug-likeness (QED) is 0.543.